The van der Waals surface area contributed by atoms with E-state index in [2.05, 4.69) is 17.6 Å². The Morgan fingerprint density at radius 3 is 1.38 bits per heavy atom. The number of hydrogen-bond acceptors (Lipinski definition) is 2. The normalized spacial score (nSPS) is 10.9. The van der Waals surface area contributed by atoms with E-state index in [0.29, 0.717) is 17.7 Å². The van der Waals surface area contributed by atoms with Crippen LogP contribution in [0.2, 0.25) is 0 Å². The van der Waals surface area contributed by atoms with Crippen molar-refractivity contribution in [3.63, 3.8) is 0 Å². The molecule has 0 aromatic heterocycles. The highest BCUT2D eigenvalue weighted by atomic mass is 16.2. The minimum atomic E-state index is -0.126. The third-order valence-corrected chi connectivity index (χ3v) is 7.82. The summed E-state index contributed by atoms with van der Waals surface area (Å²) in [4.78, 5) is 24.8. The molecule has 0 aliphatic rings. The second-order valence-corrected chi connectivity index (χ2v) is 11.5. The van der Waals surface area contributed by atoms with Gasteiger partial charge in [0.25, 0.3) is 5.91 Å². The van der Waals surface area contributed by atoms with Crippen molar-refractivity contribution < 1.29 is 9.59 Å². The lowest BCUT2D eigenvalue weighted by Gasteiger charge is -2.09. The van der Waals surface area contributed by atoms with E-state index < -0.39 is 0 Å². The third kappa shape index (κ3) is 15.8. The average molecular weight is 549 g/mol. The van der Waals surface area contributed by atoms with Crippen LogP contribution in [-0.2, 0) is 4.79 Å². The summed E-state index contributed by atoms with van der Waals surface area (Å²) in [5.74, 6) is -0.0668. The summed E-state index contributed by atoms with van der Waals surface area (Å²) in [6, 6.07) is 14.8. The topological polar surface area (TPSA) is 58.2 Å². The number of anilines is 2. The molecule has 0 saturated carbocycles. The van der Waals surface area contributed by atoms with Gasteiger partial charge in [0.15, 0.2) is 0 Å². The summed E-state index contributed by atoms with van der Waals surface area (Å²) in [6.07, 6.45) is 26.3. The van der Waals surface area contributed by atoms with Crippen molar-refractivity contribution in [2.75, 3.05) is 10.6 Å². The maximum Gasteiger partial charge on any atom is 0.255 e. The lowest BCUT2D eigenvalue weighted by Crippen LogP contribution is -2.14. The monoisotopic (exact) mass is 548 g/mol. The summed E-state index contributed by atoms with van der Waals surface area (Å²) in [5, 5.41) is 5.89. The summed E-state index contributed by atoms with van der Waals surface area (Å²) in [6.45, 7) is 4.21. The molecule has 2 aromatic rings. The minimum absolute atomic E-state index is 0.0590. The number of aryl methyl sites for hydroxylation is 1. The maximum atomic E-state index is 12.5. The maximum absolute atomic E-state index is 12.5. The molecule has 0 atom stereocenters. The van der Waals surface area contributed by atoms with Crippen molar-refractivity contribution in [2.24, 2.45) is 0 Å². The fraction of sp³-hybridized carbons (Fsp3) is 0.611. The van der Waals surface area contributed by atoms with E-state index in [1.54, 1.807) is 0 Å². The summed E-state index contributed by atoms with van der Waals surface area (Å²) < 4.78 is 0. The molecule has 4 heteroatoms. The molecular weight excluding hydrogens is 492 g/mol. The molecule has 222 valence electrons. The number of hydrogen-bond donors (Lipinski definition) is 2. The van der Waals surface area contributed by atoms with Gasteiger partial charge in [-0.3, -0.25) is 9.59 Å². The lowest BCUT2D eigenvalue weighted by molar-refractivity contribution is -0.116. The lowest BCUT2D eigenvalue weighted by atomic mass is 10.0. The first-order chi connectivity index (χ1) is 19.6. The highest BCUT2D eigenvalue weighted by Gasteiger charge is 2.09. The Morgan fingerprint density at radius 2 is 0.925 bits per heavy atom. The van der Waals surface area contributed by atoms with Gasteiger partial charge in [-0.1, -0.05) is 141 Å². The third-order valence-electron chi connectivity index (χ3n) is 7.82. The van der Waals surface area contributed by atoms with E-state index in [0.717, 1.165) is 24.1 Å². The van der Waals surface area contributed by atoms with Crippen molar-refractivity contribution in [3.8, 4) is 0 Å². The first-order valence-corrected chi connectivity index (χ1v) is 16.4. The number of rotatable bonds is 23. The Labute approximate surface area is 245 Å². The summed E-state index contributed by atoms with van der Waals surface area (Å²) in [5.41, 5.74) is 3.08. The Morgan fingerprint density at radius 1 is 0.525 bits per heavy atom. The van der Waals surface area contributed by atoms with Gasteiger partial charge in [-0.2, -0.15) is 0 Å². The van der Waals surface area contributed by atoms with Crippen LogP contribution in [0.25, 0.3) is 0 Å². The van der Waals surface area contributed by atoms with Crippen molar-refractivity contribution in [3.05, 3.63) is 59.7 Å². The number of carbonyl (C=O) groups is 2. The van der Waals surface area contributed by atoms with Crippen LogP contribution in [0.3, 0.4) is 0 Å². The molecule has 0 aliphatic heterocycles. The predicted molar refractivity (Wildman–Crippen MR) is 172 cm³/mol. The molecule has 0 aliphatic carbocycles. The van der Waals surface area contributed by atoms with Crippen molar-refractivity contribution >= 4 is 23.2 Å². The minimum Gasteiger partial charge on any atom is -0.326 e. The van der Waals surface area contributed by atoms with Gasteiger partial charge in [0, 0.05) is 23.4 Å². The molecule has 2 rings (SSSR count). The van der Waals surface area contributed by atoms with Gasteiger partial charge in [0.2, 0.25) is 5.91 Å². The Kier molecular flexibility index (Phi) is 18.6. The molecule has 0 saturated heterocycles. The molecule has 2 amide bonds. The van der Waals surface area contributed by atoms with Crippen LogP contribution < -0.4 is 10.6 Å². The molecule has 40 heavy (non-hydrogen) atoms. The molecule has 0 heterocycles. The second-order valence-electron chi connectivity index (χ2n) is 11.5. The molecule has 0 unspecified atom stereocenters. The number of carbonyl (C=O) groups excluding carboxylic acids is 2. The number of benzene rings is 2. The summed E-state index contributed by atoms with van der Waals surface area (Å²) >= 11 is 0. The smallest absolute Gasteiger partial charge is 0.255 e. The number of nitrogens with one attached hydrogen (secondary N) is 2. The SMILES string of the molecule is CCCCCCCCCCCCCCCCCCCCCC(=O)Nc1ccc(NC(=O)c2ccccc2C)cc1. The quantitative estimate of drug-likeness (QED) is 0.136. The van der Waals surface area contributed by atoms with E-state index in [9.17, 15) is 9.59 Å². The fourth-order valence-electron chi connectivity index (χ4n) is 5.25. The van der Waals surface area contributed by atoms with Crippen LogP contribution in [0.4, 0.5) is 11.4 Å². The predicted octanol–water partition coefficient (Wildman–Crippen LogP) is 11.0. The van der Waals surface area contributed by atoms with Crippen LogP contribution in [0.1, 0.15) is 151 Å². The Bertz CT molecular complexity index is 938. The Balaban J connectivity index is 1.39. The van der Waals surface area contributed by atoms with Crippen molar-refractivity contribution in [1.82, 2.24) is 0 Å². The van der Waals surface area contributed by atoms with Crippen molar-refractivity contribution in [2.45, 2.75) is 142 Å². The highest BCUT2D eigenvalue weighted by Crippen LogP contribution is 2.18. The zero-order chi connectivity index (χ0) is 28.7. The van der Waals surface area contributed by atoms with Gasteiger partial charge >= 0.3 is 0 Å². The van der Waals surface area contributed by atoms with E-state index in [-0.39, 0.29) is 11.8 Å². The van der Waals surface area contributed by atoms with Crippen LogP contribution >= 0.6 is 0 Å². The first kappa shape index (κ1) is 33.6. The highest BCUT2D eigenvalue weighted by molar-refractivity contribution is 6.05. The molecule has 0 radical (unpaired) electrons. The van der Waals surface area contributed by atoms with E-state index in [1.807, 2.05) is 55.5 Å². The average Bonchev–Trinajstić information content (AvgIpc) is 2.95. The Hall–Kier alpha value is -2.62. The standard InChI is InChI=1S/C36H56N2O2/c1-3-4-5-6-7-8-9-10-11-12-13-14-15-16-17-18-19-20-21-26-35(39)37-32-27-29-33(30-28-32)38-36(40)34-25-23-22-24-31(34)2/h22-25,27-30H,3-21,26H2,1-2H3,(H,37,39)(H,38,40). The van der Waals surface area contributed by atoms with Crippen LogP contribution in [0.5, 0.6) is 0 Å². The van der Waals surface area contributed by atoms with E-state index in [1.165, 1.54) is 109 Å². The molecule has 0 bridgehead atoms. The molecule has 2 N–H and O–H groups in total. The number of amides is 2. The zero-order valence-electron chi connectivity index (χ0n) is 25.6. The van der Waals surface area contributed by atoms with Gasteiger partial charge in [-0.05, 0) is 49.2 Å². The molecule has 2 aromatic carbocycles. The molecule has 4 nitrogen and oxygen atoms in total. The summed E-state index contributed by atoms with van der Waals surface area (Å²) in [7, 11) is 0. The van der Waals surface area contributed by atoms with Gasteiger partial charge in [-0.15, -0.1) is 0 Å². The molecular formula is C36H56N2O2. The fourth-order valence-corrected chi connectivity index (χ4v) is 5.25. The zero-order valence-corrected chi connectivity index (χ0v) is 25.6. The van der Waals surface area contributed by atoms with E-state index >= 15 is 0 Å². The van der Waals surface area contributed by atoms with Gasteiger partial charge in [0.05, 0.1) is 0 Å². The molecule has 0 fully saturated rings. The second kappa shape index (κ2) is 22.1. The molecule has 0 spiro atoms. The van der Waals surface area contributed by atoms with Crippen LogP contribution in [0, 0.1) is 6.92 Å². The van der Waals surface area contributed by atoms with Gasteiger partial charge < -0.3 is 10.6 Å². The van der Waals surface area contributed by atoms with Gasteiger partial charge in [-0.25, -0.2) is 0 Å². The largest absolute Gasteiger partial charge is 0.326 e. The first-order valence-electron chi connectivity index (χ1n) is 16.4. The van der Waals surface area contributed by atoms with Crippen LogP contribution in [0.15, 0.2) is 48.5 Å². The number of unbranched alkanes of at least 4 members (excludes halogenated alkanes) is 18. The van der Waals surface area contributed by atoms with Crippen LogP contribution in [-0.4, -0.2) is 11.8 Å². The van der Waals surface area contributed by atoms with E-state index in [4.69, 9.17) is 0 Å². The van der Waals surface area contributed by atoms with Gasteiger partial charge in [0.1, 0.15) is 0 Å². The van der Waals surface area contributed by atoms with Crippen molar-refractivity contribution in [1.29, 1.82) is 0 Å².